The monoisotopic (exact) mass is 390 g/mol. The second-order valence-corrected chi connectivity index (χ2v) is 6.43. The van der Waals surface area contributed by atoms with Gasteiger partial charge in [-0.15, -0.1) is 0 Å². The molecule has 6 nitrogen and oxygen atoms in total. The number of aryl methyl sites for hydroxylation is 1. The molecule has 2 aromatic rings. The van der Waals surface area contributed by atoms with Crippen molar-refractivity contribution in [3.63, 3.8) is 0 Å². The molecule has 1 aromatic heterocycles. The van der Waals surface area contributed by atoms with E-state index in [9.17, 15) is 19.6 Å². The summed E-state index contributed by atoms with van der Waals surface area (Å²) in [6.07, 6.45) is 0.109. The summed E-state index contributed by atoms with van der Waals surface area (Å²) < 4.78 is 13.1. The lowest BCUT2D eigenvalue weighted by molar-refractivity contribution is -0.119. The second-order valence-electron chi connectivity index (χ2n) is 6.05. The van der Waals surface area contributed by atoms with Crippen molar-refractivity contribution in [3.05, 3.63) is 51.9 Å². The van der Waals surface area contributed by atoms with E-state index in [0.717, 1.165) is 0 Å². The van der Waals surface area contributed by atoms with Crippen LogP contribution >= 0.6 is 11.6 Å². The number of anilines is 2. The number of likely N-dealkylation sites (N-methyl/N-ethyl adjacent to an activating group) is 1. The van der Waals surface area contributed by atoms with Gasteiger partial charge in [0.2, 0.25) is 5.91 Å². The molecular weight excluding hydrogens is 371 g/mol. The van der Waals surface area contributed by atoms with Crippen LogP contribution in [0.15, 0.2) is 24.3 Å². The molecule has 1 atom stereocenters. The highest BCUT2D eigenvalue weighted by molar-refractivity contribution is 6.32. The van der Waals surface area contributed by atoms with E-state index in [0.29, 0.717) is 22.0 Å². The third-order valence-corrected chi connectivity index (χ3v) is 4.78. The minimum absolute atomic E-state index is 0.109. The molecule has 1 heterocycles. The summed E-state index contributed by atoms with van der Waals surface area (Å²) >= 11 is 6.15. The van der Waals surface area contributed by atoms with Crippen molar-refractivity contribution in [1.29, 1.82) is 5.26 Å². The van der Waals surface area contributed by atoms with E-state index in [-0.39, 0.29) is 30.3 Å². The van der Waals surface area contributed by atoms with E-state index < -0.39 is 11.9 Å². The van der Waals surface area contributed by atoms with Crippen molar-refractivity contribution in [2.24, 2.45) is 0 Å². The van der Waals surface area contributed by atoms with Gasteiger partial charge in [-0.2, -0.15) is 5.26 Å². The fraction of sp³-hybridized carbons (Fsp3) is 0.316. The molecule has 1 amide bonds. The van der Waals surface area contributed by atoms with Crippen LogP contribution in [0.3, 0.4) is 0 Å². The van der Waals surface area contributed by atoms with Gasteiger partial charge in [0.15, 0.2) is 0 Å². The number of benzene rings is 1. The van der Waals surface area contributed by atoms with Crippen LogP contribution in [0.25, 0.3) is 0 Å². The van der Waals surface area contributed by atoms with Crippen molar-refractivity contribution in [2.45, 2.75) is 26.3 Å². The van der Waals surface area contributed by atoms with Crippen LogP contribution in [0.1, 0.15) is 23.2 Å². The number of amides is 1. The number of pyridine rings is 1. The Morgan fingerprint density at radius 3 is 2.59 bits per heavy atom. The van der Waals surface area contributed by atoms with E-state index in [1.54, 1.807) is 20.9 Å². The maximum absolute atomic E-state index is 13.1. The third-order valence-electron chi connectivity index (χ3n) is 4.22. The SMILES string of the molecule is Cc1nc(N[C@@H](CCO)C(=O)N(C)c2ccc(F)cc2)c(C#N)c(C)c1Cl. The largest absolute Gasteiger partial charge is 0.396 e. The van der Waals surface area contributed by atoms with Crippen LogP contribution in [-0.2, 0) is 4.79 Å². The van der Waals surface area contributed by atoms with Crippen molar-refractivity contribution in [3.8, 4) is 6.07 Å². The fourth-order valence-electron chi connectivity index (χ4n) is 2.65. The average molecular weight is 391 g/mol. The van der Waals surface area contributed by atoms with Gasteiger partial charge in [0, 0.05) is 19.3 Å². The van der Waals surface area contributed by atoms with Gasteiger partial charge in [0.25, 0.3) is 0 Å². The molecular formula is C19H20ClFN4O2. The maximum Gasteiger partial charge on any atom is 0.249 e. The number of nitrogens with zero attached hydrogens (tertiary/aromatic N) is 3. The first-order valence-electron chi connectivity index (χ1n) is 8.27. The number of aromatic nitrogens is 1. The van der Waals surface area contributed by atoms with Crippen molar-refractivity contribution in [1.82, 2.24) is 4.98 Å². The van der Waals surface area contributed by atoms with Crippen LogP contribution in [-0.4, -0.2) is 35.7 Å². The summed E-state index contributed by atoms with van der Waals surface area (Å²) in [7, 11) is 1.55. The molecule has 0 spiro atoms. The normalized spacial score (nSPS) is 11.6. The van der Waals surface area contributed by atoms with Gasteiger partial charge in [-0.25, -0.2) is 9.37 Å². The number of aliphatic hydroxyl groups is 1. The molecule has 0 saturated carbocycles. The number of nitriles is 1. The number of halogens is 2. The third kappa shape index (κ3) is 4.54. The van der Waals surface area contributed by atoms with Crippen LogP contribution in [0.5, 0.6) is 0 Å². The minimum Gasteiger partial charge on any atom is -0.396 e. The molecule has 0 fully saturated rings. The van der Waals surface area contributed by atoms with E-state index in [1.165, 1.54) is 29.2 Å². The summed E-state index contributed by atoms with van der Waals surface area (Å²) in [5, 5.41) is 22.2. The molecule has 0 radical (unpaired) electrons. The smallest absolute Gasteiger partial charge is 0.249 e. The number of carbonyl (C=O) groups is 1. The minimum atomic E-state index is -0.829. The molecule has 0 aliphatic rings. The molecule has 0 unspecified atom stereocenters. The number of nitrogens with one attached hydrogen (secondary N) is 1. The number of hydrogen-bond donors (Lipinski definition) is 2. The van der Waals surface area contributed by atoms with Gasteiger partial charge in [0.05, 0.1) is 16.3 Å². The van der Waals surface area contributed by atoms with Crippen molar-refractivity contribution >= 4 is 29.0 Å². The summed E-state index contributed by atoms with van der Waals surface area (Å²) in [4.78, 5) is 18.5. The van der Waals surface area contributed by atoms with E-state index in [1.807, 2.05) is 6.07 Å². The van der Waals surface area contributed by atoms with Gasteiger partial charge in [0.1, 0.15) is 23.7 Å². The molecule has 0 aliphatic heterocycles. The lowest BCUT2D eigenvalue weighted by Crippen LogP contribution is -2.42. The first kappa shape index (κ1) is 20.6. The molecule has 8 heteroatoms. The topological polar surface area (TPSA) is 89.2 Å². The zero-order valence-corrected chi connectivity index (χ0v) is 16.0. The predicted molar refractivity (Wildman–Crippen MR) is 102 cm³/mol. The van der Waals surface area contributed by atoms with Gasteiger partial charge >= 0.3 is 0 Å². The van der Waals surface area contributed by atoms with Gasteiger partial charge < -0.3 is 15.3 Å². The Balaban J connectivity index is 2.34. The Bertz CT molecular complexity index is 881. The van der Waals surface area contributed by atoms with E-state index in [4.69, 9.17) is 11.6 Å². The summed E-state index contributed by atoms with van der Waals surface area (Å²) in [5.41, 5.74) is 1.84. The Hall–Kier alpha value is -2.69. The quantitative estimate of drug-likeness (QED) is 0.790. The first-order valence-corrected chi connectivity index (χ1v) is 8.65. The van der Waals surface area contributed by atoms with E-state index >= 15 is 0 Å². The summed E-state index contributed by atoms with van der Waals surface area (Å²) in [6.45, 7) is 3.16. The first-order chi connectivity index (χ1) is 12.8. The Kier molecular flexibility index (Phi) is 6.72. The lowest BCUT2D eigenvalue weighted by atomic mass is 10.1. The predicted octanol–water partition coefficient (Wildman–Crippen LogP) is 3.19. The Labute approximate surface area is 162 Å². The Morgan fingerprint density at radius 2 is 2.04 bits per heavy atom. The maximum atomic E-state index is 13.1. The van der Waals surface area contributed by atoms with Gasteiger partial charge in [-0.05, 0) is 50.1 Å². The number of aliphatic hydroxyl groups excluding tert-OH is 1. The zero-order chi connectivity index (χ0) is 20.1. The van der Waals surface area contributed by atoms with Crippen LogP contribution < -0.4 is 10.2 Å². The van der Waals surface area contributed by atoms with Crippen LogP contribution in [0.4, 0.5) is 15.9 Å². The highest BCUT2D eigenvalue weighted by atomic mass is 35.5. The molecule has 0 saturated heterocycles. The second kappa shape index (κ2) is 8.80. The molecule has 0 bridgehead atoms. The molecule has 2 N–H and O–H groups in total. The summed E-state index contributed by atoms with van der Waals surface area (Å²) in [6, 6.07) is 6.71. The van der Waals surface area contributed by atoms with E-state index in [2.05, 4.69) is 10.3 Å². The average Bonchev–Trinajstić information content (AvgIpc) is 2.65. The van der Waals surface area contributed by atoms with Crippen LogP contribution in [0, 0.1) is 31.0 Å². The fourth-order valence-corrected chi connectivity index (χ4v) is 2.79. The highest BCUT2D eigenvalue weighted by Crippen LogP contribution is 2.27. The molecule has 142 valence electrons. The molecule has 2 rings (SSSR count). The van der Waals surface area contributed by atoms with Crippen molar-refractivity contribution < 1.29 is 14.3 Å². The number of hydrogen-bond acceptors (Lipinski definition) is 5. The Morgan fingerprint density at radius 1 is 1.41 bits per heavy atom. The zero-order valence-electron chi connectivity index (χ0n) is 15.3. The summed E-state index contributed by atoms with van der Waals surface area (Å²) in [5.74, 6) is -0.526. The van der Waals surface area contributed by atoms with Gasteiger partial charge in [-0.1, -0.05) is 11.6 Å². The number of carbonyl (C=O) groups excluding carboxylic acids is 1. The highest BCUT2D eigenvalue weighted by Gasteiger charge is 2.25. The number of rotatable bonds is 6. The van der Waals surface area contributed by atoms with Gasteiger partial charge in [-0.3, -0.25) is 4.79 Å². The van der Waals surface area contributed by atoms with Crippen molar-refractivity contribution in [2.75, 3.05) is 23.9 Å². The molecule has 27 heavy (non-hydrogen) atoms. The van der Waals surface area contributed by atoms with Crippen LogP contribution in [0.2, 0.25) is 5.02 Å². The molecule has 0 aliphatic carbocycles. The lowest BCUT2D eigenvalue weighted by Gasteiger charge is -2.25. The standard InChI is InChI=1S/C19H20ClFN4O2/c1-11-15(10-22)18(23-12(2)17(11)20)24-16(8-9-26)19(27)25(3)14-6-4-13(21)5-7-14/h4-7,16,26H,8-9H2,1-3H3,(H,23,24)/t16-/m0/s1. The molecule has 1 aromatic carbocycles.